The molecule has 3 heteroatoms. The molecule has 0 radical (unpaired) electrons. The number of nitrogens with zero attached hydrogens (tertiary/aromatic N) is 1. The average molecular weight is 222 g/mol. The lowest BCUT2D eigenvalue weighted by Crippen LogP contribution is -2.49. The number of benzene rings is 1. The highest BCUT2D eigenvalue weighted by molar-refractivity contribution is 7.98. The maximum atomic E-state index is 3.41. The van der Waals surface area contributed by atoms with Crippen molar-refractivity contribution in [3.05, 3.63) is 24.3 Å². The average Bonchev–Trinajstić information content (AvgIpc) is 2.30. The van der Waals surface area contributed by atoms with E-state index < -0.39 is 0 Å². The van der Waals surface area contributed by atoms with Crippen molar-refractivity contribution >= 4 is 17.4 Å². The summed E-state index contributed by atoms with van der Waals surface area (Å²) in [6.07, 6.45) is 2.11. The lowest BCUT2D eigenvalue weighted by molar-refractivity contribution is 0.501. The lowest BCUT2D eigenvalue weighted by Gasteiger charge is -2.35. The van der Waals surface area contributed by atoms with Gasteiger partial charge in [0.05, 0.1) is 0 Å². The van der Waals surface area contributed by atoms with Gasteiger partial charge in [-0.2, -0.15) is 0 Å². The molecule has 1 saturated heterocycles. The van der Waals surface area contributed by atoms with Crippen molar-refractivity contribution in [1.82, 2.24) is 5.32 Å². The fraction of sp³-hybridized carbons (Fsp3) is 0.500. The van der Waals surface area contributed by atoms with Crippen LogP contribution in [0.2, 0.25) is 0 Å². The van der Waals surface area contributed by atoms with Crippen LogP contribution < -0.4 is 10.2 Å². The second-order valence-electron chi connectivity index (χ2n) is 3.94. The van der Waals surface area contributed by atoms with Gasteiger partial charge in [-0.05, 0) is 37.4 Å². The zero-order chi connectivity index (χ0) is 10.7. The van der Waals surface area contributed by atoms with E-state index in [0.29, 0.717) is 6.04 Å². The summed E-state index contributed by atoms with van der Waals surface area (Å²) in [5.41, 5.74) is 1.35. The second kappa shape index (κ2) is 4.90. The fourth-order valence-electron chi connectivity index (χ4n) is 2.00. The van der Waals surface area contributed by atoms with Crippen LogP contribution in [0.25, 0.3) is 0 Å². The minimum Gasteiger partial charge on any atom is -0.366 e. The molecule has 2 rings (SSSR count). The summed E-state index contributed by atoms with van der Waals surface area (Å²) >= 11 is 1.79. The number of thioether (sulfide) groups is 1. The van der Waals surface area contributed by atoms with Crippen LogP contribution in [0.3, 0.4) is 0 Å². The maximum Gasteiger partial charge on any atom is 0.0386 e. The summed E-state index contributed by atoms with van der Waals surface area (Å²) in [7, 11) is 0. The highest BCUT2D eigenvalue weighted by Gasteiger charge is 2.17. The molecule has 1 aromatic rings. The molecule has 0 saturated carbocycles. The van der Waals surface area contributed by atoms with Gasteiger partial charge in [-0.15, -0.1) is 11.8 Å². The quantitative estimate of drug-likeness (QED) is 0.772. The van der Waals surface area contributed by atoms with Crippen LogP contribution in [0.15, 0.2) is 29.2 Å². The predicted molar refractivity (Wildman–Crippen MR) is 67.9 cm³/mol. The molecule has 1 N–H and O–H groups in total. The molecule has 1 heterocycles. The van der Waals surface area contributed by atoms with E-state index in [2.05, 4.69) is 47.7 Å². The first-order valence-corrected chi connectivity index (χ1v) is 6.65. The summed E-state index contributed by atoms with van der Waals surface area (Å²) in [4.78, 5) is 3.81. The molecule has 1 fully saturated rings. The maximum absolute atomic E-state index is 3.41. The van der Waals surface area contributed by atoms with Gasteiger partial charge in [-0.25, -0.2) is 0 Å². The molecule has 0 spiro atoms. The van der Waals surface area contributed by atoms with Gasteiger partial charge < -0.3 is 10.2 Å². The summed E-state index contributed by atoms with van der Waals surface area (Å²) in [6.45, 7) is 5.56. The van der Waals surface area contributed by atoms with Crippen molar-refractivity contribution < 1.29 is 0 Å². The largest absolute Gasteiger partial charge is 0.366 e. The van der Waals surface area contributed by atoms with E-state index in [1.165, 1.54) is 10.6 Å². The van der Waals surface area contributed by atoms with E-state index in [-0.39, 0.29) is 0 Å². The van der Waals surface area contributed by atoms with Crippen molar-refractivity contribution in [3.8, 4) is 0 Å². The highest BCUT2D eigenvalue weighted by atomic mass is 32.2. The first-order chi connectivity index (χ1) is 7.31. The minimum atomic E-state index is 0.596. The molecular formula is C12H18N2S. The van der Waals surface area contributed by atoms with E-state index in [4.69, 9.17) is 0 Å². The Bertz CT molecular complexity index is 310. The number of hydrogen-bond acceptors (Lipinski definition) is 3. The monoisotopic (exact) mass is 222 g/mol. The number of rotatable bonds is 2. The Hall–Kier alpha value is -0.670. The SMILES string of the molecule is CSc1ccc(N2CCNCC2C)cc1. The zero-order valence-electron chi connectivity index (χ0n) is 9.36. The van der Waals surface area contributed by atoms with Crippen LogP contribution >= 0.6 is 11.8 Å². The molecule has 1 aromatic carbocycles. The van der Waals surface area contributed by atoms with Crippen molar-refractivity contribution in [2.75, 3.05) is 30.8 Å². The molecule has 0 aromatic heterocycles. The lowest BCUT2D eigenvalue weighted by atomic mass is 10.2. The predicted octanol–water partition coefficient (Wildman–Crippen LogP) is 2.21. The first-order valence-electron chi connectivity index (χ1n) is 5.42. The standard InChI is InChI=1S/C12H18N2S/c1-10-9-13-7-8-14(10)11-3-5-12(15-2)6-4-11/h3-6,10,13H,7-9H2,1-2H3. The van der Waals surface area contributed by atoms with Gasteiger partial charge in [-0.3, -0.25) is 0 Å². The third kappa shape index (κ3) is 2.47. The fourth-order valence-corrected chi connectivity index (χ4v) is 2.41. The van der Waals surface area contributed by atoms with Gasteiger partial charge >= 0.3 is 0 Å². The highest BCUT2D eigenvalue weighted by Crippen LogP contribution is 2.22. The molecule has 0 amide bonds. The Morgan fingerprint density at radius 3 is 2.67 bits per heavy atom. The number of nitrogens with one attached hydrogen (secondary N) is 1. The summed E-state index contributed by atoms with van der Waals surface area (Å²) in [6, 6.07) is 9.46. The number of anilines is 1. The van der Waals surface area contributed by atoms with Crippen LogP contribution in [0.4, 0.5) is 5.69 Å². The van der Waals surface area contributed by atoms with E-state index >= 15 is 0 Å². The van der Waals surface area contributed by atoms with Crippen molar-refractivity contribution in [3.63, 3.8) is 0 Å². The second-order valence-corrected chi connectivity index (χ2v) is 4.82. The van der Waals surface area contributed by atoms with Crippen LogP contribution in [-0.4, -0.2) is 31.9 Å². The zero-order valence-corrected chi connectivity index (χ0v) is 10.2. The number of hydrogen-bond donors (Lipinski definition) is 1. The first kappa shape index (κ1) is 10.8. The Balaban J connectivity index is 2.13. The molecule has 1 aliphatic rings. The minimum absolute atomic E-state index is 0.596. The van der Waals surface area contributed by atoms with Crippen LogP contribution in [0, 0.1) is 0 Å². The molecule has 2 nitrogen and oxygen atoms in total. The summed E-state index contributed by atoms with van der Waals surface area (Å²) in [5, 5.41) is 3.41. The van der Waals surface area contributed by atoms with Gasteiger partial charge in [0, 0.05) is 36.3 Å². The molecule has 0 aliphatic carbocycles. The molecule has 0 bridgehead atoms. The summed E-state index contributed by atoms with van der Waals surface area (Å²) < 4.78 is 0. The van der Waals surface area contributed by atoms with Crippen LogP contribution in [0.5, 0.6) is 0 Å². The van der Waals surface area contributed by atoms with Gasteiger partial charge in [0.1, 0.15) is 0 Å². The van der Waals surface area contributed by atoms with Gasteiger partial charge in [-0.1, -0.05) is 0 Å². The molecule has 15 heavy (non-hydrogen) atoms. The topological polar surface area (TPSA) is 15.3 Å². The van der Waals surface area contributed by atoms with Crippen molar-refractivity contribution in [1.29, 1.82) is 0 Å². The Kier molecular flexibility index (Phi) is 3.54. The third-order valence-electron chi connectivity index (χ3n) is 2.91. The van der Waals surface area contributed by atoms with E-state index in [9.17, 15) is 0 Å². The van der Waals surface area contributed by atoms with Gasteiger partial charge in [0.15, 0.2) is 0 Å². The molecular weight excluding hydrogens is 204 g/mol. The molecule has 1 unspecified atom stereocenters. The van der Waals surface area contributed by atoms with E-state index in [1.807, 2.05) is 0 Å². The smallest absolute Gasteiger partial charge is 0.0386 e. The van der Waals surface area contributed by atoms with E-state index in [1.54, 1.807) is 11.8 Å². The van der Waals surface area contributed by atoms with Crippen LogP contribution in [-0.2, 0) is 0 Å². The van der Waals surface area contributed by atoms with Crippen molar-refractivity contribution in [2.24, 2.45) is 0 Å². The Labute approximate surface area is 96.0 Å². The normalized spacial score (nSPS) is 21.7. The van der Waals surface area contributed by atoms with Gasteiger partial charge in [0.2, 0.25) is 0 Å². The van der Waals surface area contributed by atoms with Crippen LogP contribution in [0.1, 0.15) is 6.92 Å². The number of piperazine rings is 1. The third-order valence-corrected chi connectivity index (χ3v) is 3.65. The summed E-state index contributed by atoms with van der Waals surface area (Å²) in [5.74, 6) is 0. The van der Waals surface area contributed by atoms with Gasteiger partial charge in [0.25, 0.3) is 0 Å². The molecule has 1 atom stereocenters. The van der Waals surface area contributed by atoms with E-state index in [0.717, 1.165) is 19.6 Å². The Morgan fingerprint density at radius 2 is 2.07 bits per heavy atom. The van der Waals surface area contributed by atoms with Crippen molar-refractivity contribution in [2.45, 2.75) is 17.9 Å². The molecule has 82 valence electrons. The Morgan fingerprint density at radius 1 is 1.33 bits per heavy atom. The molecule has 1 aliphatic heterocycles.